The Morgan fingerprint density at radius 3 is 1.39 bits per heavy atom. The Hall–Kier alpha value is -3.60. The number of rotatable bonds is 49. The van der Waals surface area contributed by atoms with Gasteiger partial charge in [-0.2, -0.15) is 0 Å². The van der Waals surface area contributed by atoms with Gasteiger partial charge in [-0.3, -0.25) is 33.0 Å². The Morgan fingerprint density at radius 1 is 0.514 bits per heavy atom. The molecular formula is C53H98N3O15P. The highest BCUT2D eigenvalue weighted by molar-refractivity contribution is 7.47. The van der Waals surface area contributed by atoms with Gasteiger partial charge in [0.15, 0.2) is 6.10 Å². The van der Waals surface area contributed by atoms with Gasteiger partial charge in [-0.1, -0.05) is 201 Å². The average Bonchev–Trinajstić information content (AvgIpc) is 3.66. The molecule has 72 heavy (non-hydrogen) atoms. The van der Waals surface area contributed by atoms with Crippen molar-refractivity contribution in [2.24, 2.45) is 0 Å². The SMILES string of the molecule is C.CCCCCCCCCCCCCCCCCC(=O)OCC(COP(=O)(O)OCCNC(=O)OCCNC(=O)CCC(=O)ON1C(=O)CCC1=O)OC(=O)CCCCCCCCCCCCCCCCC. The van der Waals surface area contributed by atoms with Crippen LogP contribution in [0.5, 0.6) is 0 Å². The minimum atomic E-state index is -4.70. The number of nitrogens with zero attached hydrogens (tertiary/aromatic N) is 1. The molecule has 18 nitrogen and oxygen atoms in total. The Bertz CT molecular complexity index is 1490. The summed E-state index contributed by atoms with van der Waals surface area (Å²) in [6.07, 6.45) is 33.5. The summed E-state index contributed by atoms with van der Waals surface area (Å²) in [5.74, 6) is -3.74. The van der Waals surface area contributed by atoms with Crippen LogP contribution < -0.4 is 10.6 Å². The monoisotopic (exact) mass is 1050 g/mol. The lowest BCUT2D eigenvalue weighted by molar-refractivity contribution is -0.197. The second-order valence-corrected chi connectivity index (χ2v) is 20.2. The third-order valence-electron chi connectivity index (χ3n) is 12.2. The zero-order chi connectivity index (χ0) is 52.1. The number of nitrogens with one attached hydrogen (secondary N) is 2. The van der Waals surface area contributed by atoms with Crippen LogP contribution in [0.4, 0.5) is 4.79 Å². The van der Waals surface area contributed by atoms with E-state index >= 15 is 0 Å². The predicted octanol–water partition coefficient (Wildman–Crippen LogP) is 12.0. The normalized spacial score (nSPS) is 13.5. The summed E-state index contributed by atoms with van der Waals surface area (Å²) in [6.45, 7) is 2.50. The van der Waals surface area contributed by atoms with Crippen molar-refractivity contribution in [2.45, 2.75) is 259 Å². The molecule has 0 aromatic rings. The Balaban J connectivity index is 0.0000504. The standard InChI is InChI=1S/C52H94N3O15P.CH4/c1-3-5-7-9-11-13-15-17-19-21-23-25-27-29-31-33-49(59)66-43-45(69-50(60)34-32-30-28-26-24-22-20-18-16-14-12-10-8-6-4-2)44-68-71(63,64)67-42-40-54-52(62)65-41-39-53-46(56)35-38-51(61)70-55-47(57)36-37-48(55)58;/h45H,3-44H2,1-2H3,(H,53,56)(H,54,62)(H,63,64);1H4. The van der Waals surface area contributed by atoms with Crippen molar-refractivity contribution in [3.63, 3.8) is 0 Å². The van der Waals surface area contributed by atoms with E-state index in [1.165, 1.54) is 141 Å². The number of phosphoric acid groups is 1. The summed E-state index contributed by atoms with van der Waals surface area (Å²) in [4.78, 5) is 99.4. The topological polar surface area (TPSA) is 239 Å². The number of phosphoric ester groups is 1. The van der Waals surface area contributed by atoms with Crippen LogP contribution in [0.1, 0.15) is 252 Å². The predicted molar refractivity (Wildman–Crippen MR) is 277 cm³/mol. The number of hydrogen-bond acceptors (Lipinski definition) is 14. The van der Waals surface area contributed by atoms with E-state index < -0.39 is 68.9 Å². The molecule has 0 saturated carbocycles. The summed E-state index contributed by atoms with van der Waals surface area (Å²) in [6, 6.07) is 0. The van der Waals surface area contributed by atoms with E-state index in [1.807, 2.05) is 0 Å². The first kappa shape index (κ1) is 68.4. The van der Waals surface area contributed by atoms with Crippen LogP contribution >= 0.6 is 7.82 Å². The second kappa shape index (κ2) is 47.1. The third kappa shape index (κ3) is 41.8. The van der Waals surface area contributed by atoms with E-state index in [-0.39, 0.29) is 72.3 Å². The van der Waals surface area contributed by atoms with E-state index in [0.717, 1.165) is 38.5 Å². The Morgan fingerprint density at radius 2 is 0.931 bits per heavy atom. The molecule has 1 aliphatic rings. The summed E-state index contributed by atoms with van der Waals surface area (Å²) in [5.41, 5.74) is 0. The van der Waals surface area contributed by atoms with Crippen molar-refractivity contribution in [1.82, 2.24) is 15.7 Å². The number of hydroxylamine groups is 2. The third-order valence-corrected chi connectivity index (χ3v) is 13.1. The van der Waals surface area contributed by atoms with Crippen molar-refractivity contribution < 1.29 is 71.1 Å². The van der Waals surface area contributed by atoms with Gasteiger partial charge in [-0.05, 0) is 12.8 Å². The van der Waals surface area contributed by atoms with Crippen LogP contribution in [0.2, 0.25) is 0 Å². The molecule has 2 unspecified atom stereocenters. The highest BCUT2D eigenvalue weighted by atomic mass is 31.2. The van der Waals surface area contributed by atoms with E-state index in [0.29, 0.717) is 17.9 Å². The lowest BCUT2D eigenvalue weighted by Crippen LogP contribution is -2.34. The van der Waals surface area contributed by atoms with Crippen LogP contribution in [0.25, 0.3) is 0 Å². The van der Waals surface area contributed by atoms with Gasteiger partial charge in [0.1, 0.15) is 13.2 Å². The van der Waals surface area contributed by atoms with Crippen LogP contribution in [-0.4, -0.2) is 97.3 Å². The van der Waals surface area contributed by atoms with Gasteiger partial charge < -0.3 is 34.6 Å². The van der Waals surface area contributed by atoms with E-state index in [1.54, 1.807) is 0 Å². The smallest absolute Gasteiger partial charge is 0.462 e. The van der Waals surface area contributed by atoms with Crippen molar-refractivity contribution in [1.29, 1.82) is 0 Å². The second-order valence-electron chi connectivity index (χ2n) is 18.7. The van der Waals surface area contributed by atoms with E-state index in [2.05, 4.69) is 24.5 Å². The summed E-state index contributed by atoms with van der Waals surface area (Å²) >= 11 is 0. The molecule has 4 amide bonds. The highest BCUT2D eigenvalue weighted by Gasteiger charge is 2.33. The van der Waals surface area contributed by atoms with Crippen molar-refractivity contribution in [2.75, 3.05) is 39.5 Å². The quantitative estimate of drug-likeness (QED) is 0.0169. The number of esters is 2. The summed E-state index contributed by atoms with van der Waals surface area (Å²) in [7, 11) is -4.70. The largest absolute Gasteiger partial charge is 0.472 e. The number of alkyl carbamates (subject to hydrolysis) is 1. The fourth-order valence-electron chi connectivity index (χ4n) is 7.92. The number of amides is 4. The van der Waals surface area contributed by atoms with Gasteiger partial charge in [0, 0.05) is 38.6 Å². The molecule has 0 radical (unpaired) electrons. The molecular weight excluding hydrogens is 950 g/mol. The molecule has 0 aromatic heterocycles. The minimum absolute atomic E-state index is 0. The first-order valence-corrected chi connectivity index (χ1v) is 29.1. The molecule has 0 aromatic carbocycles. The lowest BCUT2D eigenvalue weighted by Gasteiger charge is -2.20. The van der Waals surface area contributed by atoms with Gasteiger partial charge in [-0.15, -0.1) is 5.06 Å². The van der Waals surface area contributed by atoms with E-state index in [4.69, 9.17) is 28.1 Å². The molecule has 0 bridgehead atoms. The molecule has 3 N–H and O–H groups in total. The molecule has 2 atom stereocenters. The fourth-order valence-corrected chi connectivity index (χ4v) is 8.67. The molecule has 19 heteroatoms. The van der Waals surface area contributed by atoms with Crippen LogP contribution in [-0.2, 0) is 61.4 Å². The number of unbranched alkanes of at least 4 members (excludes halogenated alkanes) is 28. The van der Waals surface area contributed by atoms with Crippen molar-refractivity contribution in [3.8, 4) is 0 Å². The molecule has 0 spiro atoms. The maximum Gasteiger partial charge on any atom is 0.472 e. The summed E-state index contributed by atoms with van der Waals surface area (Å²) < 4.78 is 38.6. The maximum absolute atomic E-state index is 12.8. The number of carbonyl (C=O) groups excluding carboxylic acids is 7. The van der Waals surface area contributed by atoms with Gasteiger partial charge in [-0.25, -0.2) is 14.2 Å². The summed E-state index contributed by atoms with van der Waals surface area (Å²) in [5, 5.41) is 5.14. The molecule has 1 heterocycles. The van der Waals surface area contributed by atoms with Crippen LogP contribution in [0.3, 0.4) is 0 Å². The molecule has 1 fully saturated rings. The Labute approximate surface area is 433 Å². The lowest BCUT2D eigenvalue weighted by atomic mass is 10.0. The van der Waals surface area contributed by atoms with Gasteiger partial charge in [0.25, 0.3) is 11.8 Å². The van der Waals surface area contributed by atoms with Crippen LogP contribution in [0.15, 0.2) is 0 Å². The molecule has 0 aliphatic carbocycles. The number of carbonyl (C=O) groups is 7. The first-order valence-electron chi connectivity index (χ1n) is 27.6. The zero-order valence-corrected chi connectivity index (χ0v) is 44.7. The van der Waals surface area contributed by atoms with Crippen molar-refractivity contribution >= 4 is 49.5 Å². The molecule has 1 saturated heterocycles. The van der Waals surface area contributed by atoms with Gasteiger partial charge in [0.2, 0.25) is 5.91 Å². The van der Waals surface area contributed by atoms with Crippen molar-refractivity contribution in [3.05, 3.63) is 0 Å². The highest BCUT2D eigenvalue weighted by Crippen LogP contribution is 2.43. The minimum Gasteiger partial charge on any atom is -0.462 e. The van der Waals surface area contributed by atoms with Crippen LogP contribution in [0, 0.1) is 0 Å². The Kier molecular flexibility index (Phi) is 44.8. The van der Waals surface area contributed by atoms with Gasteiger partial charge >= 0.3 is 31.8 Å². The first-order chi connectivity index (χ1) is 34.4. The zero-order valence-electron chi connectivity index (χ0n) is 43.8. The number of hydrogen-bond donors (Lipinski definition) is 3. The molecule has 1 rings (SSSR count). The number of imide groups is 1. The maximum atomic E-state index is 12.8. The van der Waals surface area contributed by atoms with Gasteiger partial charge in [0.05, 0.1) is 26.2 Å². The fraction of sp³-hybridized carbons (Fsp3) is 0.868. The molecule has 1 aliphatic heterocycles. The average molecular weight is 1050 g/mol. The number of ether oxygens (including phenoxy) is 3. The van der Waals surface area contributed by atoms with E-state index in [9.17, 15) is 43.0 Å². The molecule has 420 valence electrons.